The van der Waals surface area contributed by atoms with Crippen LogP contribution in [0.15, 0.2) is 118 Å². The Labute approximate surface area is 755 Å². The molecule has 0 saturated heterocycles. The Hall–Kier alpha value is -10.5. The highest BCUT2D eigenvalue weighted by atomic mass is 16.5. The molecular formula is C102H147N13O12. The van der Waals surface area contributed by atoms with Crippen molar-refractivity contribution in [2.24, 2.45) is 30.7 Å². The quantitative estimate of drug-likeness (QED) is 0.0138. The van der Waals surface area contributed by atoms with E-state index in [1.807, 2.05) is 18.2 Å². The predicted molar refractivity (Wildman–Crippen MR) is 503 cm³/mol. The minimum absolute atomic E-state index is 0.0234. The summed E-state index contributed by atoms with van der Waals surface area (Å²) < 4.78 is 19.8. The topological polar surface area (TPSA) is 354 Å². The Balaban J connectivity index is 1.19. The molecule has 692 valence electrons. The van der Waals surface area contributed by atoms with Crippen molar-refractivity contribution in [1.29, 1.82) is 15.8 Å². The van der Waals surface area contributed by atoms with Crippen molar-refractivity contribution in [2.45, 2.75) is 369 Å². The zero-order valence-corrected chi connectivity index (χ0v) is 77.6. The number of nitrogens with zero attached hydrogens (tertiary/aromatic N) is 13. The Morgan fingerprint density at radius 2 is 0.496 bits per heavy atom. The molecule has 0 spiro atoms. The van der Waals surface area contributed by atoms with Gasteiger partial charge in [0, 0.05) is 56.0 Å². The normalized spacial score (nSPS) is 11.5. The van der Waals surface area contributed by atoms with Gasteiger partial charge in [0.05, 0.1) is 36.5 Å². The minimum Gasteiger partial charge on any atom is -0.493 e. The van der Waals surface area contributed by atoms with Gasteiger partial charge >= 0.3 is 17.9 Å². The average molecular weight is 1750 g/mol. The van der Waals surface area contributed by atoms with E-state index in [0.29, 0.717) is 19.3 Å². The van der Waals surface area contributed by atoms with Crippen molar-refractivity contribution in [3.05, 3.63) is 154 Å². The van der Waals surface area contributed by atoms with Gasteiger partial charge in [-0.1, -0.05) is 346 Å². The summed E-state index contributed by atoms with van der Waals surface area (Å²) in [5, 5.41) is 93.1. The van der Waals surface area contributed by atoms with Crippen LogP contribution in [0.5, 0.6) is 17.6 Å². The Bertz CT molecular complexity index is 4250. The summed E-state index contributed by atoms with van der Waals surface area (Å²) in [6, 6.07) is 24.9. The standard InChI is InChI=1S/C102H147N13O12/c1-7-10-13-16-19-22-25-28-31-34-37-40-43-46-49-58-73-125-100(122)82-61-52-55-64-88(82)106-109-91-79(4)85(76-103)94(116)113(97(91)119)70-67-112(68-71-114-95(117)86(77-104)80(5)92(98(114)120)110-107-89-65-56-53-62-83(89)101(123)126-74-59-50-47-44-41-38-35-32-29-26-23-20-17-14-11-8-2)69-72-115-96(118)87(78-105)81(6)93(99(115)121)111-108-90-66-57-54-63-84(90)102(124)127-75-60-51-48-45-42-39-36-33-30-27-24-21-18-15-12-9-3/h52-57,61-66,116-118H,7-51,58-60,67-75H2,1-6H3. The van der Waals surface area contributed by atoms with Crippen LogP contribution < -0.4 is 16.7 Å². The number of carbonyl (C=O) groups is 3. The molecule has 25 nitrogen and oxygen atoms in total. The van der Waals surface area contributed by atoms with Crippen molar-refractivity contribution < 1.29 is 43.9 Å². The summed E-state index contributed by atoms with van der Waals surface area (Å²) in [6.45, 7) is 9.48. The number of nitriles is 3. The van der Waals surface area contributed by atoms with Gasteiger partial charge in [0.25, 0.3) is 16.7 Å². The molecule has 3 aromatic heterocycles. The van der Waals surface area contributed by atoms with Gasteiger partial charge in [0.1, 0.15) is 52.0 Å². The van der Waals surface area contributed by atoms with Crippen LogP contribution in [-0.2, 0) is 33.8 Å². The second-order valence-electron chi connectivity index (χ2n) is 34.0. The van der Waals surface area contributed by atoms with Gasteiger partial charge in [-0.05, 0) is 76.4 Å². The maximum atomic E-state index is 14.8. The molecule has 3 N–H and O–H groups in total. The maximum absolute atomic E-state index is 14.8. The van der Waals surface area contributed by atoms with Crippen LogP contribution in [0.25, 0.3) is 0 Å². The van der Waals surface area contributed by atoms with Crippen LogP contribution in [0.4, 0.5) is 34.1 Å². The van der Waals surface area contributed by atoms with Crippen molar-refractivity contribution in [1.82, 2.24) is 18.6 Å². The smallest absolute Gasteiger partial charge is 0.340 e. The lowest BCUT2D eigenvalue weighted by Gasteiger charge is -2.25. The van der Waals surface area contributed by atoms with E-state index in [2.05, 4.69) is 51.5 Å². The van der Waals surface area contributed by atoms with E-state index in [1.165, 1.54) is 288 Å². The molecule has 3 heterocycles. The third-order valence-electron chi connectivity index (χ3n) is 24.1. The van der Waals surface area contributed by atoms with E-state index in [4.69, 9.17) is 14.2 Å². The molecule has 127 heavy (non-hydrogen) atoms. The first-order valence-electron chi connectivity index (χ1n) is 48.3. The molecule has 0 aliphatic rings. The first-order chi connectivity index (χ1) is 62.0. The van der Waals surface area contributed by atoms with Crippen molar-refractivity contribution in [3.8, 4) is 35.8 Å². The van der Waals surface area contributed by atoms with Crippen molar-refractivity contribution >= 4 is 52.0 Å². The molecule has 0 fully saturated rings. The van der Waals surface area contributed by atoms with Crippen molar-refractivity contribution in [3.63, 3.8) is 0 Å². The maximum Gasteiger partial charge on any atom is 0.340 e. The highest BCUT2D eigenvalue weighted by molar-refractivity contribution is 5.96. The molecule has 0 saturated carbocycles. The zero-order valence-electron chi connectivity index (χ0n) is 77.6. The molecule has 0 aliphatic heterocycles. The summed E-state index contributed by atoms with van der Waals surface area (Å²) in [7, 11) is 0. The molecule has 0 bridgehead atoms. The number of hydrogen-bond acceptors (Lipinski definition) is 22. The van der Waals surface area contributed by atoms with E-state index in [0.717, 1.165) is 71.5 Å². The van der Waals surface area contributed by atoms with E-state index >= 15 is 0 Å². The lowest BCUT2D eigenvalue weighted by molar-refractivity contribution is 0.0489. The number of benzene rings is 3. The van der Waals surface area contributed by atoms with Crippen LogP contribution in [0, 0.1) is 54.8 Å². The zero-order chi connectivity index (χ0) is 91.4. The highest BCUT2D eigenvalue weighted by Gasteiger charge is 2.26. The summed E-state index contributed by atoms with van der Waals surface area (Å²) in [5.74, 6) is -4.14. The monoisotopic (exact) mass is 1750 g/mol. The molecule has 0 unspecified atom stereocenters. The molecule has 0 aliphatic carbocycles. The van der Waals surface area contributed by atoms with Crippen LogP contribution in [0.1, 0.15) is 393 Å². The molecule has 3 aromatic carbocycles. The van der Waals surface area contributed by atoms with Gasteiger partial charge < -0.3 is 29.5 Å². The summed E-state index contributed by atoms with van der Waals surface area (Å²) >= 11 is 0. The van der Waals surface area contributed by atoms with Gasteiger partial charge in [-0.3, -0.25) is 33.0 Å². The highest BCUT2D eigenvalue weighted by Crippen LogP contribution is 2.34. The van der Waals surface area contributed by atoms with E-state index in [1.54, 1.807) is 41.3 Å². The van der Waals surface area contributed by atoms with Crippen molar-refractivity contribution in [2.75, 3.05) is 39.5 Å². The molecule has 0 radical (unpaired) electrons. The number of unbranched alkanes of at least 4 members (excludes halogenated alkanes) is 45. The van der Waals surface area contributed by atoms with Gasteiger partial charge in [-0.2, -0.15) is 15.8 Å². The fourth-order valence-electron chi connectivity index (χ4n) is 16.0. The third kappa shape index (κ3) is 37.4. The summed E-state index contributed by atoms with van der Waals surface area (Å²) in [6.07, 6.45) is 57.8. The first-order valence-corrected chi connectivity index (χ1v) is 48.3. The minimum atomic E-state index is -0.904. The lowest BCUT2D eigenvalue weighted by Crippen LogP contribution is -2.38. The van der Waals surface area contributed by atoms with Crippen LogP contribution in [0.2, 0.25) is 0 Å². The Morgan fingerprint density at radius 3 is 0.693 bits per heavy atom. The number of hydrogen-bond donors (Lipinski definition) is 3. The molecule has 6 rings (SSSR count). The fraction of sp³-hybridized carbons (Fsp3) is 0.618. The van der Waals surface area contributed by atoms with Crippen LogP contribution >= 0.6 is 0 Å². The van der Waals surface area contributed by atoms with E-state index in [-0.39, 0.29) is 124 Å². The predicted octanol–water partition coefficient (Wildman–Crippen LogP) is 27.0. The number of carbonyl (C=O) groups excluding carboxylic acids is 3. The molecule has 6 aromatic rings. The average Bonchev–Trinajstić information content (AvgIpc) is 0.784. The molecule has 0 atom stereocenters. The van der Waals surface area contributed by atoms with E-state index < -0.39 is 71.9 Å². The van der Waals surface area contributed by atoms with Crippen LogP contribution in [0.3, 0.4) is 0 Å². The number of esters is 3. The van der Waals surface area contributed by atoms with Gasteiger partial charge in [-0.15, -0.1) is 30.7 Å². The van der Waals surface area contributed by atoms with Gasteiger partial charge in [0.2, 0.25) is 17.6 Å². The Kier molecular flexibility index (Phi) is 52.6. The van der Waals surface area contributed by atoms with Crippen LogP contribution in [-0.4, -0.2) is 91.3 Å². The van der Waals surface area contributed by atoms with Gasteiger partial charge in [-0.25, -0.2) is 14.4 Å². The number of pyridine rings is 3. The summed E-state index contributed by atoms with van der Waals surface area (Å²) in [4.78, 5) is 86.9. The van der Waals surface area contributed by atoms with E-state index in [9.17, 15) is 59.9 Å². The third-order valence-corrected chi connectivity index (χ3v) is 24.1. The molecule has 0 amide bonds. The molecular weight excluding hydrogens is 1600 g/mol. The molecule has 25 heteroatoms. The largest absolute Gasteiger partial charge is 0.493 e. The number of rotatable bonds is 69. The van der Waals surface area contributed by atoms with Gasteiger partial charge in [0.15, 0.2) is 17.1 Å². The summed E-state index contributed by atoms with van der Waals surface area (Å²) in [5.41, 5.74) is -4.36. The first kappa shape index (κ1) is 105. The number of azo groups is 3. The Morgan fingerprint density at radius 1 is 0.307 bits per heavy atom. The number of aromatic nitrogens is 3. The fourth-order valence-corrected chi connectivity index (χ4v) is 16.0. The lowest BCUT2D eigenvalue weighted by atomic mass is 10.0. The second-order valence-corrected chi connectivity index (χ2v) is 34.0. The SMILES string of the molecule is CCCCCCCCCCCCCCCCCCOC(=O)c1ccccc1N=Nc1c(C)c(C#N)c(O)n(CCN(CCn2c(O)c(C#N)c(C)c(N=Nc3ccccc3C(=O)OCCCCCCCCCCCCCCCCCC)c2=O)CCn2c(O)c(C#N)c(C)c(N=Nc3ccccc3C(=O)OCCCCCCCCCCCCCCCCCC)c2=O)c1=O. The number of aromatic hydroxyl groups is 3. The second kappa shape index (κ2) is 63.5. The number of ether oxygens (including phenoxy) is 3.